The number of rotatable bonds is 2. The fourth-order valence-corrected chi connectivity index (χ4v) is 2.43. The van der Waals surface area contributed by atoms with E-state index in [0.29, 0.717) is 17.2 Å². The third-order valence-electron chi connectivity index (χ3n) is 3.57. The minimum Gasteiger partial charge on any atom is -0.389 e. The van der Waals surface area contributed by atoms with Gasteiger partial charge in [0.05, 0.1) is 11.8 Å². The molecule has 0 aliphatic carbocycles. The molecule has 1 aliphatic heterocycles. The van der Waals surface area contributed by atoms with Crippen LogP contribution in [0.2, 0.25) is 0 Å². The fourth-order valence-electron chi connectivity index (χ4n) is 2.43. The van der Waals surface area contributed by atoms with E-state index >= 15 is 0 Å². The highest BCUT2D eigenvalue weighted by atomic mass is 19.1. The Kier molecular flexibility index (Phi) is 3.67. The molecule has 0 radical (unpaired) electrons. The highest BCUT2D eigenvalue weighted by molar-refractivity contribution is 5.56. The summed E-state index contributed by atoms with van der Waals surface area (Å²) in [6.45, 7) is 5.67. The number of hydrogen-bond acceptors (Lipinski definition) is 2. The van der Waals surface area contributed by atoms with E-state index < -0.39 is 6.10 Å². The van der Waals surface area contributed by atoms with E-state index in [1.54, 1.807) is 19.1 Å². The van der Waals surface area contributed by atoms with Gasteiger partial charge >= 0.3 is 0 Å². The molecule has 1 aromatic carbocycles. The van der Waals surface area contributed by atoms with Crippen LogP contribution in [-0.4, -0.2) is 18.2 Å². The molecule has 1 aliphatic rings. The predicted octanol–water partition coefficient (Wildman–Crippen LogP) is 3.12. The van der Waals surface area contributed by atoms with Crippen LogP contribution in [0.15, 0.2) is 18.2 Å². The maximum Gasteiger partial charge on any atom is 0.146 e. The Bertz CT molecular complexity index is 384. The van der Waals surface area contributed by atoms with Gasteiger partial charge in [0.25, 0.3) is 0 Å². The Morgan fingerprint density at radius 2 is 2.00 bits per heavy atom. The Balaban J connectivity index is 2.30. The topological polar surface area (TPSA) is 23.5 Å². The zero-order valence-electron chi connectivity index (χ0n) is 10.5. The summed E-state index contributed by atoms with van der Waals surface area (Å²) in [6.07, 6.45) is 1.56. The maximum atomic E-state index is 13.9. The molecule has 0 bridgehead atoms. The number of nitrogens with zero attached hydrogens (tertiary/aromatic N) is 1. The van der Waals surface area contributed by atoms with E-state index in [-0.39, 0.29) is 5.82 Å². The number of aliphatic hydroxyl groups excluding tert-OH is 1. The molecule has 1 heterocycles. The van der Waals surface area contributed by atoms with Gasteiger partial charge in [-0.15, -0.1) is 0 Å². The third-order valence-corrected chi connectivity index (χ3v) is 3.57. The van der Waals surface area contributed by atoms with Gasteiger partial charge in [-0.05, 0) is 31.7 Å². The Morgan fingerprint density at radius 3 is 2.59 bits per heavy atom. The molecule has 0 spiro atoms. The quantitative estimate of drug-likeness (QED) is 0.854. The summed E-state index contributed by atoms with van der Waals surface area (Å²) in [5.41, 5.74) is 1.29. The predicted molar refractivity (Wildman–Crippen MR) is 67.6 cm³/mol. The molecule has 0 amide bonds. The number of halogens is 1. The van der Waals surface area contributed by atoms with Crippen molar-refractivity contribution in [1.29, 1.82) is 0 Å². The van der Waals surface area contributed by atoms with Crippen molar-refractivity contribution >= 4 is 5.69 Å². The van der Waals surface area contributed by atoms with Gasteiger partial charge in [-0.1, -0.05) is 19.1 Å². The van der Waals surface area contributed by atoms with Crippen LogP contribution in [0.4, 0.5) is 10.1 Å². The van der Waals surface area contributed by atoms with Crippen LogP contribution in [0.25, 0.3) is 0 Å². The molecule has 1 fully saturated rings. The number of para-hydroxylation sites is 1. The lowest BCUT2D eigenvalue weighted by atomic mass is 9.97. The second-order valence-corrected chi connectivity index (χ2v) is 5.02. The van der Waals surface area contributed by atoms with Crippen molar-refractivity contribution in [3.05, 3.63) is 29.6 Å². The molecular weight excluding hydrogens is 217 g/mol. The fraction of sp³-hybridized carbons (Fsp3) is 0.571. The van der Waals surface area contributed by atoms with Gasteiger partial charge in [0.2, 0.25) is 0 Å². The number of aliphatic hydroxyl groups is 1. The average molecular weight is 237 g/mol. The SMILES string of the molecule is CC1CCN(c2c(F)cccc2C(C)O)CC1. The lowest BCUT2D eigenvalue weighted by molar-refractivity contribution is 0.199. The minimum atomic E-state index is -0.625. The molecule has 1 atom stereocenters. The number of anilines is 1. The molecule has 1 unspecified atom stereocenters. The second-order valence-electron chi connectivity index (χ2n) is 5.02. The second kappa shape index (κ2) is 5.05. The van der Waals surface area contributed by atoms with Crippen LogP contribution in [0.3, 0.4) is 0 Å². The number of hydrogen-bond donors (Lipinski definition) is 1. The Morgan fingerprint density at radius 1 is 1.35 bits per heavy atom. The number of piperidine rings is 1. The first-order valence-electron chi connectivity index (χ1n) is 6.31. The van der Waals surface area contributed by atoms with Crippen molar-refractivity contribution in [3.8, 4) is 0 Å². The first kappa shape index (κ1) is 12.4. The first-order chi connectivity index (χ1) is 8.09. The molecule has 94 valence electrons. The van der Waals surface area contributed by atoms with Crippen LogP contribution >= 0.6 is 0 Å². The molecule has 1 aromatic rings. The average Bonchev–Trinajstić information content (AvgIpc) is 2.30. The molecule has 2 nitrogen and oxygen atoms in total. The van der Waals surface area contributed by atoms with E-state index in [4.69, 9.17) is 0 Å². The molecule has 0 saturated carbocycles. The highest BCUT2D eigenvalue weighted by Gasteiger charge is 2.22. The van der Waals surface area contributed by atoms with E-state index in [1.807, 2.05) is 0 Å². The Hall–Kier alpha value is -1.09. The van der Waals surface area contributed by atoms with Gasteiger partial charge in [0.1, 0.15) is 5.82 Å². The van der Waals surface area contributed by atoms with Crippen molar-refractivity contribution in [3.63, 3.8) is 0 Å². The molecule has 1 saturated heterocycles. The van der Waals surface area contributed by atoms with E-state index in [1.165, 1.54) is 6.07 Å². The molecule has 17 heavy (non-hydrogen) atoms. The summed E-state index contributed by atoms with van der Waals surface area (Å²) in [7, 11) is 0. The van der Waals surface area contributed by atoms with Crippen molar-refractivity contribution in [2.75, 3.05) is 18.0 Å². The van der Waals surface area contributed by atoms with Crippen molar-refractivity contribution < 1.29 is 9.50 Å². The van der Waals surface area contributed by atoms with Crippen LogP contribution in [0, 0.1) is 11.7 Å². The Labute approximate surface area is 102 Å². The summed E-state index contributed by atoms with van der Waals surface area (Å²) in [6, 6.07) is 4.94. The number of benzene rings is 1. The van der Waals surface area contributed by atoms with Gasteiger partial charge in [0, 0.05) is 18.7 Å². The van der Waals surface area contributed by atoms with Crippen LogP contribution < -0.4 is 4.90 Å². The van der Waals surface area contributed by atoms with Crippen molar-refractivity contribution in [2.45, 2.75) is 32.8 Å². The van der Waals surface area contributed by atoms with Gasteiger partial charge in [-0.25, -0.2) is 4.39 Å². The minimum absolute atomic E-state index is 0.224. The lowest BCUT2D eigenvalue weighted by Crippen LogP contribution is -2.34. The first-order valence-corrected chi connectivity index (χ1v) is 6.31. The van der Waals surface area contributed by atoms with Crippen molar-refractivity contribution in [1.82, 2.24) is 0 Å². The van der Waals surface area contributed by atoms with Crippen LogP contribution in [0.5, 0.6) is 0 Å². The largest absolute Gasteiger partial charge is 0.389 e. The molecule has 0 aromatic heterocycles. The molecular formula is C14H20FNO. The monoisotopic (exact) mass is 237 g/mol. The molecule has 3 heteroatoms. The summed E-state index contributed by atoms with van der Waals surface area (Å²) in [5.74, 6) is 0.492. The summed E-state index contributed by atoms with van der Waals surface area (Å²) in [4.78, 5) is 2.07. The smallest absolute Gasteiger partial charge is 0.146 e. The standard InChI is InChI=1S/C14H20FNO/c1-10-6-8-16(9-7-10)14-12(11(2)17)4-3-5-13(14)15/h3-5,10-11,17H,6-9H2,1-2H3. The van der Waals surface area contributed by atoms with E-state index in [9.17, 15) is 9.50 Å². The lowest BCUT2D eigenvalue weighted by Gasteiger charge is -2.34. The van der Waals surface area contributed by atoms with Gasteiger partial charge in [-0.2, -0.15) is 0 Å². The van der Waals surface area contributed by atoms with Gasteiger partial charge < -0.3 is 10.0 Å². The molecule has 1 N–H and O–H groups in total. The summed E-state index contributed by atoms with van der Waals surface area (Å²) in [5, 5.41) is 9.72. The van der Waals surface area contributed by atoms with Gasteiger partial charge in [-0.3, -0.25) is 0 Å². The van der Waals surface area contributed by atoms with E-state index in [0.717, 1.165) is 25.9 Å². The van der Waals surface area contributed by atoms with E-state index in [2.05, 4.69) is 11.8 Å². The summed E-state index contributed by atoms with van der Waals surface area (Å²) >= 11 is 0. The maximum absolute atomic E-state index is 13.9. The van der Waals surface area contributed by atoms with Gasteiger partial charge in [0.15, 0.2) is 0 Å². The molecule has 2 rings (SSSR count). The third kappa shape index (κ3) is 2.60. The normalized spacial score (nSPS) is 19.4. The highest BCUT2D eigenvalue weighted by Crippen LogP contribution is 2.32. The summed E-state index contributed by atoms with van der Waals surface area (Å²) < 4.78 is 13.9. The van der Waals surface area contributed by atoms with Crippen LogP contribution in [0.1, 0.15) is 38.4 Å². The van der Waals surface area contributed by atoms with Crippen LogP contribution in [-0.2, 0) is 0 Å². The zero-order chi connectivity index (χ0) is 12.4. The zero-order valence-corrected chi connectivity index (χ0v) is 10.5. The van der Waals surface area contributed by atoms with Crippen molar-refractivity contribution in [2.24, 2.45) is 5.92 Å².